The highest BCUT2D eigenvalue weighted by Gasteiger charge is 2.31. The molecule has 0 bridgehead atoms. The van der Waals surface area contributed by atoms with E-state index >= 15 is 0 Å². The summed E-state index contributed by atoms with van der Waals surface area (Å²) in [5.74, 6) is -1.20. The molecule has 1 aromatic rings. The van der Waals surface area contributed by atoms with E-state index in [4.69, 9.17) is 9.84 Å². The van der Waals surface area contributed by atoms with E-state index in [0.29, 0.717) is 5.69 Å². The highest BCUT2D eigenvalue weighted by Crippen LogP contribution is 2.13. The third kappa shape index (κ3) is 3.79. The molecule has 0 atom stereocenters. The zero-order valence-corrected chi connectivity index (χ0v) is 9.98. The van der Waals surface area contributed by atoms with E-state index in [9.17, 15) is 9.59 Å². The number of anilines is 1. The summed E-state index contributed by atoms with van der Waals surface area (Å²) < 4.78 is 4.78. The van der Waals surface area contributed by atoms with Crippen molar-refractivity contribution in [3.05, 3.63) is 29.8 Å². The summed E-state index contributed by atoms with van der Waals surface area (Å²) in [5.41, 5.74) is 0.0750. The first-order valence-electron chi connectivity index (χ1n) is 5.11. The van der Waals surface area contributed by atoms with Crippen molar-refractivity contribution in [3.8, 4) is 0 Å². The molecule has 5 heteroatoms. The number of amides is 1. The molecule has 0 aromatic heterocycles. The van der Waals surface area contributed by atoms with Crippen molar-refractivity contribution < 1.29 is 19.4 Å². The number of carboxylic acids is 1. The second-order valence-electron chi connectivity index (χ2n) is 4.20. The van der Waals surface area contributed by atoms with E-state index in [1.54, 1.807) is 12.1 Å². The van der Waals surface area contributed by atoms with Gasteiger partial charge in [-0.3, -0.25) is 5.32 Å². The first-order valence-corrected chi connectivity index (χ1v) is 5.11. The number of hydrogen-bond acceptors (Lipinski definition) is 3. The molecule has 0 aliphatic heterocycles. The molecule has 0 radical (unpaired) electrons. The minimum absolute atomic E-state index is 0.557. The Morgan fingerprint density at radius 2 is 1.76 bits per heavy atom. The monoisotopic (exact) mass is 237 g/mol. The van der Waals surface area contributed by atoms with Crippen LogP contribution in [0.1, 0.15) is 19.4 Å². The fraction of sp³-hybridized carbons (Fsp3) is 0.333. The van der Waals surface area contributed by atoms with Gasteiger partial charge < -0.3 is 9.84 Å². The van der Waals surface area contributed by atoms with Crippen molar-refractivity contribution in [2.75, 3.05) is 5.32 Å². The summed E-state index contributed by atoms with van der Waals surface area (Å²) >= 11 is 0. The van der Waals surface area contributed by atoms with Gasteiger partial charge in [-0.25, -0.2) is 9.59 Å². The topological polar surface area (TPSA) is 75.6 Å². The van der Waals surface area contributed by atoms with Crippen LogP contribution in [0.4, 0.5) is 10.5 Å². The lowest BCUT2D eigenvalue weighted by molar-refractivity contribution is -0.154. The Kier molecular flexibility index (Phi) is 3.73. The van der Waals surface area contributed by atoms with Gasteiger partial charge in [0.05, 0.1) is 0 Å². The summed E-state index contributed by atoms with van der Waals surface area (Å²) in [6, 6.07) is 7.09. The average molecular weight is 237 g/mol. The van der Waals surface area contributed by atoms with Gasteiger partial charge in [0.2, 0.25) is 5.60 Å². The van der Waals surface area contributed by atoms with Crippen molar-refractivity contribution in [2.24, 2.45) is 0 Å². The van der Waals surface area contributed by atoms with Crippen molar-refractivity contribution in [1.82, 2.24) is 0 Å². The summed E-state index contributed by atoms with van der Waals surface area (Å²) in [5, 5.41) is 11.2. The summed E-state index contributed by atoms with van der Waals surface area (Å²) in [4.78, 5) is 22.2. The molecule has 1 rings (SSSR count). The number of ether oxygens (including phenoxy) is 1. The molecule has 0 aliphatic rings. The number of benzene rings is 1. The van der Waals surface area contributed by atoms with Gasteiger partial charge in [-0.15, -0.1) is 0 Å². The molecule has 0 heterocycles. The minimum Gasteiger partial charge on any atom is -0.478 e. The molecule has 92 valence electrons. The Balaban J connectivity index is 2.62. The SMILES string of the molecule is Cc1ccc(NC(=O)OC(C)(C)C(=O)O)cc1. The van der Waals surface area contributed by atoms with Crippen molar-refractivity contribution in [1.29, 1.82) is 0 Å². The zero-order valence-electron chi connectivity index (χ0n) is 9.98. The summed E-state index contributed by atoms with van der Waals surface area (Å²) in [6.45, 7) is 4.55. The fourth-order valence-corrected chi connectivity index (χ4v) is 1.06. The molecule has 0 aliphatic carbocycles. The van der Waals surface area contributed by atoms with Crippen molar-refractivity contribution in [3.63, 3.8) is 0 Å². The Hall–Kier alpha value is -2.04. The molecule has 0 spiro atoms. The molecule has 1 amide bonds. The highest BCUT2D eigenvalue weighted by molar-refractivity contribution is 5.88. The van der Waals surface area contributed by atoms with Crippen LogP contribution in [0.25, 0.3) is 0 Å². The maximum atomic E-state index is 11.4. The van der Waals surface area contributed by atoms with E-state index in [2.05, 4.69) is 5.32 Å². The molecule has 0 saturated carbocycles. The maximum absolute atomic E-state index is 11.4. The normalized spacial score (nSPS) is 10.8. The van der Waals surface area contributed by atoms with Crippen LogP contribution in [0.2, 0.25) is 0 Å². The number of aryl methyl sites for hydroxylation is 1. The second kappa shape index (κ2) is 4.86. The van der Waals surface area contributed by atoms with Crippen molar-refractivity contribution in [2.45, 2.75) is 26.4 Å². The lowest BCUT2D eigenvalue weighted by Gasteiger charge is -2.20. The first kappa shape index (κ1) is 13.0. The van der Waals surface area contributed by atoms with E-state index < -0.39 is 17.7 Å². The number of carboxylic acid groups (broad SMARTS) is 1. The van der Waals surface area contributed by atoms with Crippen LogP contribution in [0.5, 0.6) is 0 Å². The van der Waals surface area contributed by atoms with Crippen LogP contribution in [0.3, 0.4) is 0 Å². The van der Waals surface area contributed by atoms with Gasteiger partial charge in [0, 0.05) is 5.69 Å². The first-order chi connectivity index (χ1) is 7.81. The van der Waals surface area contributed by atoms with Crippen molar-refractivity contribution >= 4 is 17.7 Å². The Bertz CT molecular complexity index is 423. The Morgan fingerprint density at radius 1 is 1.24 bits per heavy atom. The van der Waals surface area contributed by atoms with Crippen LogP contribution in [0, 0.1) is 6.92 Å². The van der Waals surface area contributed by atoms with Gasteiger partial charge >= 0.3 is 12.1 Å². The van der Waals surface area contributed by atoms with Crippen LogP contribution in [-0.2, 0) is 9.53 Å². The van der Waals surface area contributed by atoms with Crippen LogP contribution < -0.4 is 5.32 Å². The minimum atomic E-state index is -1.55. The second-order valence-corrected chi connectivity index (χ2v) is 4.20. The predicted molar refractivity (Wildman–Crippen MR) is 63.0 cm³/mol. The van der Waals surface area contributed by atoms with Gasteiger partial charge in [0.25, 0.3) is 0 Å². The lowest BCUT2D eigenvalue weighted by atomic mass is 10.1. The lowest BCUT2D eigenvalue weighted by Crippen LogP contribution is -2.38. The third-order valence-electron chi connectivity index (χ3n) is 2.16. The van der Waals surface area contributed by atoms with E-state index in [-0.39, 0.29) is 0 Å². The number of carbonyl (C=O) groups excluding carboxylic acids is 1. The molecule has 2 N–H and O–H groups in total. The van der Waals surface area contributed by atoms with Gasteiger partial charge in [-0.1, -0.05) is 17.7 Å². The molecule has 0 fully saturated rings. The molecule has 0 saturated heterocycles. The van der Waals surface area contributed by atoms with Gasteiger partial charge in [0.1, 0.15) is 0 Å². The molecular formula is C12H15NO4. The quantitative estimate of drug-likeness (QED) is 0.846. The molecule has 1 aromatic carbocycles. The smallest absolute Gasteiger partial charge is 0.412 e. The van der Waals surface area contributed by atoms with Gasteiger partial charge in [-0.2, -0.15) is 0 Å². The van der Waals surface area contributed by atoms with E-state index in [1.165, 1.54) is 13.8 Å². The molecule has 17 heavy (non-hydrogen) atoms. The molecular weight excluding hydrogens is 222 g/mol. The number of carbonyl (C=O) groups is 2. The van der Waals surface area contributed by atoms with E-state index in [1.807, 2.05) is 19.1 Å². The maximum Gasteiger partial charge on any atom is 0.412 e. The van der Waals surface area contributed by atoms with Gasteiger partial charge in [-0.05, 0) is 32.9 Å². The Morgan fingerprint density at radius 3 is 2.24 bits per heavy atom. The third-order valence-corrected chi connectivity index (χ3v) is 2.16. The van der Waals surface area contributed by atoms with E-state index in [0.717, 1.165) is 5.56 Å². The number of hydrogen-bond donors (Lipinski definition) is 2. The average Bonchev–Trinajstić information content (AvgIpc) is 2.20. The summed E-state index contributed by atoms with van der Waals surface area (Å²) in [7, 11) is 0. The van der Waals surface area contributed by atoms with Crippen LogP contribution in [-0.4, -0.2) is 22.8 Å². The Labute approximate surface area is 99.4 Å². The molecule has 5 nitrogen and oxygen atoms in total. The highest BCUT2D eigenvalue weighted by atomic mass is 16.6. The predicted octanol–water partition coefficient (Wildman–Crippen LogP) is 2.41. The van der Waals surface area contributed by atoms with Gasteiger partial charge in [0.15, 0.2) is 0 Å². The summed E-state index contributed by atoms with van der Waals surface area (Å²) in [6.07, 6.45) is -0.791. The van der Waals surface area contributed by atoms with Crippen LogP contribution in [0.15, 0.2) is 24.3 Å². The number of rotatable bonds is 3. The number of aliphatic carboxylic acids is 1. The molecule has 0 unspecified atom stereocenters. The number of nitrogens with one attached hydrogen (secondary N) is 1. The zero-order chi connectivity index (χ0) is 13.1. The largest absolute Gasteiger partial charge is 0.478 e. The fourth-order valence-electron chi connectivity index (χ4n) is 1.06. The standard InChI is InChI=1S/C12H15NO4/c1-8-4-6-9(7-5-8)13-11(16)17-12(2,3)10(14)15/h4-7H,1-3H3,(H,13,16)(H,14,15). The van der Waals surface area contributed by atoms with Crippen LogP contribution >= 0.6 is 0 Å².